The molecule has 3 aromatic rings. The molecule has 3 rings (SSSR count). The zero-order chi connectivity index (χ0) is 26.3. The second kappa shape index (κ2) is 11.9. The molecule has 0 saturated heterocycles. The summed E-state index contributed by atoms with van der Waals surface area (Å²) < 4.78 is 28.5. The molecule has 0 spiro atoms. The summed E-state index contributed by atoms with van der Waals surface area (Å²) in [5, 5.41) is 2.58. The molecule has 0 saturated carbocycles. The average Bonchev–Trinajstić information content (AvgIpc) is 2.90. The highest BCUT2D eigenvalue weighted by molar-refractivity contribution is 7.92. The molecule has 0 aliphatic carbocycles. The van der Waals surface area contributed by atoms with E-state index in [4.69, 9.17) is 0 Å². The Morgan fingerprint density at radius 2 is 1.39 bits per heavy atom. The summed E-state index contributed by atoms with van der Waals surface area (Å²) in [6, 6.07) is 23.7. The van der Waals surface area contributed by atoms with Crippen LogP contribution >= 0.6 is 0 Å². The minimum absolute atomic E-state index is 0.0831. The van der Waals surface area contributed by atoms with E-state index in [0.717, 1.165) is 15.4 Å². The molecular weight excluding hydrogens is 474 g/mol. The molecule has 1 atom stereocenters. The molecule has 190 valence electrons. The Bertz CT molecular complexity index is 1260. The van der Waals surface area contributed by atoms with Crippen LogP contribution in [0.5, 0.6) is 0 Å². The maximum absolute atomic E-state index is 13.7. The Balaban J connectivity index is 2.02. The van der Waals surface area contributed by atoms with Crippen LogP contribution in [0.4, 0.5) is 5.69 Å². The van der Waals surface area contributed by atoms with Crippen LogP contribution < -0.4 is 9.62 Å². The van der Waals surface area contributed by atoms with Gasteiger partial charge < -0.3 is 10.2 Å². The number of nitrogens with zero attached hydrogens (tertiary/aromatic N) is 2. The monoisotopic (exact) mass is 507 g/mol. The van der Waals surface area contributed by atoms with E-state index in [2.05, 4.69) is 19.2 Å². The topological polar surface area (TPSA) is 86.8 Å². The van der Waals surface area contributed by atoms with Crippen molar-refractivity contribution in [2.75, 3.05) is 17.9 Å². The molecule has 0 unspecified atom stereocenters. The molecule has 0 bridgehead atoms. The third-order valence-corrected chi connectivity index (χ3v) is 7.86. The van der Waals surface area contributed by atoms with Gasteiger partial charge in [0.2, 0.25) is 11.8 Å². The Hall–Kier alpha value is -3.65. The summed E-state index contributed by atoms with van der Waals surface area (Å²) in [4.78, 5) is 27.7. The number of hydrogen-bond donors (Lipinski definition) is 1. The first kappa shape index (κ1) is 26.9. The van der Waals surface area contributed by atoms with E-state index in [1.165, 1.54) is 24.1 Å². The average molecular weight is 508 g/mol. The van der Waals surface area contributed by atoms with Crippen LogP contribution in [0.15, 0.2) is 89.8 Å². The summed E-state index contributed by atoms with van der Waals surface area (Å²) in [6.45, 7) is 5.45. The third-order valence-electron chi connectivity index (χ3n) is 6.07. The molecule has 0 heterocycles. The van der Waals surface area contributed by atoms with Gasteiger partial charge in [0.25, 0.3) is 10.0 Å². The highest BCUT2D eigenvalue weighted by Crippen LogP contribution is 2.26. The molecule has 36 heavy (non-hydrogen) atoms. The minimum Gasteiger partial charge on any atom is -0.357 e. The van der Waals surface area contributed by atoms with Gasteiger partial charge in [-0.15, -0.1) is 0 Å². The van der Waals surface area contributed by atoms with Gasteiger partial charge in [-0.3, -0.25) is 13.9 Å². The predicted octanol–water partition coefficient (Wildman–Crippen LogP) is 4.17. The Morgan fingerprint density at radius 1 is 0.833 bits per heavy atom. The van der Waals surface area contributed by atoms with Crippen molar-refractivity contribution in [2.45, 2.75) is 44.2 Å². The van der Waals surface area contributed by atoms with Crippen LogP contribution in [0, 0.1) is 0 Å². The number of nitrogens with one attached hydrogen (secondary N) is 1. The molecule has 0 aliphatic heterocycles. The lowest BCUT2D eigenvalue weighted by atomic mass is 10.0. The molecule has 0 aliphatic rings. The van der Waals surface area contributed by atoms with Crippen LogP contribution in [0.3, 0.4) is 0 Å². The quantitative estimate of drug-likeness (QED) is 0.446. The van der Waals surface area contributed by atoms with Crippen molar-refractivity contribution in [1.82, 2.24) is 10.2 Å². The minimum atomic E-state index is -4.05. The fourth-order valence-corrected chi connectivity index (χ4v) is 5.28. The molecule has 2 amide bonds. The van der Waals surface area contributed by atoms with Crippen molar-refractivity contribution in [2.24, 2.45) is 0 Å². The van der Waals surface area contributed by atoms with Crippen LogP contribution in [0.2, 0.25) is 0 Å². The number of sulfonamides is 1. The fraction of sp³-hybridized carbons (Fsp3) is 0.286. The molecule has 0 aromatic heterocycles. The molecule has 0 radical (unpaired) electrons. The summed E-state index contributed by atoms with van der Waals surface area (Å²) >= 11 is 0. The van der Waals surface area contributed by atoms with Crippen molar-refractivity contribution in [1.29, 1.82) is 0 Å². The lowest BCUT2D eigenvalue weighted by molar-refractivity contribution is -0.139. The van der Waals surface area contributed by atoms with Gasteiger partial charge >= 0.3 is 0 Å². The first-order chi connectivity index (χ1) is 17.1. The van der Waals surface area contributed by atoms with Gasteiger partial charge in [0.1, 0.15) is 12.6 Å². The fourth-order valence-electron chi connectivity index (χ4n) is 3.85. The number of amides is 2. The number of hydrogen-bond acceptors (Lipinski definition) is 4. The zero-order valence-electron chi connectivity index (χ0n) is 21.1. The molecule has 3 aromatic carbocycles. The van der Waals surface area contributed by atoms with Gasteiger partial charge in [-0.25, -0.2) is 8.42 Å². The highest BCUT2D eigenvalue weighted by Gasteiger charge is 2.32. The second-order valence-corrected chi connectivity index (χ2v) is 10.7. The van der Waals surface area contributed by atoms with Gasteiger partial charge in [-0.05, 0) is 48.2 Å². The maximum Gasteiger partial charge on any atom is 0.264 e. The van der Waals surface area contributed by atoms with E-state index >= 15 is 0 Å². The van der Waals surface area contributed by atoms with E-state index in [1.54, 1.807) is 37.3 Å². The van der Waals surface area contributed by atoms with Gasteiger partial charge in [0.05, 0.1) is 10.6 Å². The van der Waals surface area contributed by atoms with Crippen LogP contribution in [0.1, 0.15) is 37.8 Å². The molecule has 1 N–H and O–H groups in total. The largest absolute Gasteiger partial charge is 0.357 e. The van der Waals surface area contributed by atoms with E-state index in [-0.39, 0.29) is 23.3 Å². The van der Waals surface area contributed by atoms with Crippen molar-refractivity contribution >= 4 is 27.5 Å². The van der Waals surface area contributed by atoms with Crippen LogP contribution in [-0.4, -0.2) is 44.8 Å². The second-order valence-electron chi connectivity index (χ2n) is 8.87. The highest BCUT2D eigenvalue weighted by atomic mass is 32.2. The van der Waals surface area contributed by atoms with Crippen molar-refractivity contribution in [3.05, 3.63) is 96.1 Å². The molecular formula is C28H33N3O4S. The van der Waals surface area contributed by atoms with Gasteiger partial charge in [-0.2, -0.15) is 0 Å². The smallest absolute Gasteiger partial charge is 0.264 e. The van der Waals surface area contributed by atoms with Crippen molar-refractivity contribution in [3.63, 3.8) is 0 Å². The van der Waals surface area contributed by atoms with Crippen molar-refractivity contribution in [3.8, 4) is 0 Å². The lowest BCUT2D eigenvalue weighted by Gasteiger charge is -2.31. The Kier molecular flexibility index (Phi) is 8.88. The number of benzene rings is 3. The van der Waals surface area contributed by atoms with Gasteiger partial charge in [-0.1, -0.05) is 74.5 Å². The van der Waals surface area contributed by atoms with E-state index in [0.29, 0.717) is 5.69 Å². The van der Waals surface area contributed by atoms with Gasteiger partial charge in [0.15, 0.2) is 0 Å². The first-order valence-corrected chi connectivity index (χ1v) is 13.3. The Labute approximate surface area is 213 Å². The summed E-state index contributed by atoms with van der Waals surface area (Å²) in [6.07, 6.45) is 0. The zero-order valence-corrected chi connectivity index (χ0v) is 21.9. The first-order valence-electron chi connectivity index (χ1n) is 11.9. The number of carbonyl (C=O) groups excluding carboxylic acids is 2. The number of carbonyl (C=O) groups is 2. The van der Waals surface area contributed by atoms with Crippen LogP contribution in [-0.2, 0) is 26.2 Å². The van der Waals surface area contributed by atoms with Gasteiger partial charge in [0, 0.05) is 13.6 Å². The number of anilines is 1. The SMILES string of the molecule is CNC(=O)[C@@H](C)N(Cc1ccccc1)C(=O)CN(c1ccc(C(C)C)cc1)S(=O)(=O)c1ccccc1. The summed E-state index contributed by atoms with van der Waals surface area (Å²) in [5.41, 5.74) is 2.27. The van der Waals surface area contributed by atoms with E-state index < -0.39 is 28.5 Å². The van der Waals surface area contributed by atoms with E-state index in [9.17, 15) is 18.0 Å². The molecule has 8 heteroatoms. The molecule has 7 nitrogen and oxygen atoms in total. The van der Waals surface area contributed by atoms with Crippen molar-refractivity contribution < 1.29 is 18.0 Å². The summed E-state index contributed by atoms with van der Waals surface area (Å²) in [5.74, 6) is -0.546. The number of rotatable bonds is 10. The summed E-state index contributed by atoms with van der Waals surface area (Å²) in [7, 11) is -2.55. The third kappa shape index (κ3) is 6.31. The standard InChI is InChI=1S/C28H33N3O4S/c1-21(2)24-15-17-25(18-16-24)31(36(34,35)26-13-9-6-10-14-26)20-27(32)30(22(3)28(33)29-4)19-23-11-7-5-8-12-23/h5-18,21-22H,19-20H2,1-4H3,(H,29,33)/t22-/m1/s1. The normalized spacial score (nSPS) is 12.1. The lowest BCUT2D eigenvalue weighted by Crippen LogP contribution is -2.50. The van der Waals surface area contributed by atoms with Crippen LogP contribution in [0.25, 0.3) is 0 Å². The Morgan fingerprint density at radius 3 is 1.92 bits per heavy atom. The van der Waals surface area contributed by atoms with E-state index in [1.807, 2.05) is 42.5 Å². The number of likely N-dealkylation sites (N-methyl/N-ethyl adjacent to an activating group) is 1. The predicted molar refractivity (Wildman–Crippen MR) is 142 cm³/mol. The maximum atomic E-state index is 13.7. The molecule has 0 fully saturated rings.